The second-order valence-corrected chi connectivity index (χ2v) is 15.3. The van der Waals surface area contributed by atoms with Crippen molar-refractivity contribution < 1.29 is 244 Å². The van der Waals surface area contributed by atoms with Crippen LogP contribution in [0, 0.1) is 0 Å². The van der Waals surface area contributed by atoms with E-state index >= 15 is 0 Å². The van der Waals surface area contributed by atoms with Crippen LogP contribution in [0.5, 0.6) is 0 Å². The zero-order valence-electron chi connectivity index (χ0n) is 22.3. The summed E-state index contributed by atoms with van der Waals surface area (Å²) in [6.45, 7) is -1.04. The van der Waals surface area contributed by atoms with Crippen LogP contribution in [0.15, 0.2) is 23.1 Å². The first-order valence-electron chi connectivity index (χ1n) is 8.77. The molecule has 190 valence electrons. The van der Waals surface area contributed by atoms with Gasteiger partial charge >= 0.3 is 177 Å². The van der Waals surface area contributed by atoms with Gasteiger partial charge in [0.25, 0.3) is 5.56 Å². The van der Waals surface area contributed by atoms with E-state index in [2.05, 4.69) is 4.52 Å². The Balaban J connectivity index is -0.000000642. The van der Waals surface area contributed by atoms with Gasteiger partial charge in [0.05, 0.1) is 12.5 Å². The van der Waals surface area contributed by atoms with Crippen LogP contribution in [0.4, 0.5) is 0 Å². The normalized spacial score (nSPS) is 23.5. The molecule has 2 unspecified atom stereocenters. The smallest absolute Gasteiger partial charge is 0.810 e. The van der Waals surface area contributed by atoms with Crippen LogP contribution in [0.2, 0.25) is 0 Å². The Labute approximate surface area is 356 Å². The molecule has 1 aromatic rings. The SMILES string of the molecule is O=c1cc(CP(=O)([O-])[O-])ccn1[C@@H]1O[C@H](COP(=O)([O-])CP(=O)([O-])CP(=O)([O-])[O-])[C@@H](O)[C@H]1O.[Na+].[Na+].[Na+].[Na+].[Na+].[Na+]. The molecule has 6 atom stereocenters. The van der Waals surface area contributed by atoms with E-state index in [1.54, 1.807) is 0 Å². The minimum atomic E-state index is -5.56. The molecule has 0 spiro atoms. The van der Waals surface area contributed by atoms with Crippen LogP contribution >= 0.6 is 30.2 Å². The zero-order chi connectivity index (χ0) is 25.4. The van der Waals surface area contributed by atoms with Gasteiger partial charge in [-0.1, -0.05) is 15.2 Å². The summed E-state index contributed by atoms with van der Waals surface area (Å²) < 4.78 is 55.1. The van der Waals surface area contributed by atoms with Gasteiger partial charge in [-0.2, -0.15) is 0 Å². The standard InChI is InChI=1S/C13H23NO15P4.6Na/c15-10-3-8(5-31(20,21)22)1-2-14(10)13-12(17)11(16)9(29-13)4-28-33(26,27)7-30(18,19)6-32(23,24)25;;;;;;/h1-3,9,11-13,16-17H,4-7H2,(H,18,19)(H,26,27)(H2,20,21,22)(H2,23,24,25);;;;;;/q;6*+1/p-6/t9-,11-,12-,13-;;;;;;/m1....../s1. The molecule has 1 aliphatic rings. The third-order valence-electron chi connectivity index (χ3n) is 4.21. The predicted molar refractivity (Wildman–Crippen MR) is 96.4 cm³/mol. The van der Waals surface area contributed by atoms with E-state index < -0.39 is 84.8 Å². The molecule has 0 amide bonds. The Hall–Kier alpha value is 5.47. The van der Waals surface area contributed by atoms with Crippen molar-refractivity contribution in [2.24, 2.45) is 0 Å². The summed E-state index contributed by atoms with van der Waals surface area (Å²) in [6, 6.07) is 1.84. The van der Waals surface area contributed by atoms with Crippen molar-refractivity contribution >= 4 is 30.2 Å². The van der Waals surface area contributed by atoms with E-state index in [1.807, 2.05) is 0 Å². The van der Waals surface area contributed by atoms with Gasteiger partial charge in [-0.3, -0.25) is 9.36 Å². The summed E-state index contributed by atoms with van der Waals surface area (Å²) in [5.74, 6) is -3.72. The van der Waals surface area contributed by atoms with Gasteiger partial charge in [0.1, 0.15) is 25.9 Å². The van der Waals surface area contributed by atoms with Crippen LogP contribution in [0.25, 0.3) is 0 Å². The molecule has 26 heteroatoms. The molecule has 1 aliphatic heterocycles. The number of aromatic nitrogens is 1. The van der Waals surface area contributed by atoms with E-state index in [1.165, 1.54) is 0 Å². The van der Waals surface area contributed by atoms with Crippen LogP contribution in [0.3, 0.4) is 0 Å². The van der Waals surface area contributed by atoms with E-state index in [0.29, 0.717) is 0 Å². The van der Waals surface area contributed by atoms with Crippen LogP contribution in [-0.2, 0) is 33.7 Å². The summed E-state index contributed by atoms with van der Waals surface area (Å²) in [7, 11) is -21.0. The first-order valence-corrected chi connectivity index (χ1v) is 16.0. The van der Waals surface area contributed by atoms with E-state index in [0.717, 1.165) is 22.9 Å². The van der Waals surface area contributed by atoms with Gasteiger partial charge in [0.2, 0.25) is 0 Å². The average molecular weight is 689 g/mol. The number of nitrogens with zero attached hydrogens (tertiary/aromatic N) is 1. The van der Waals surface area contributed by atoms with Crippen LogP contribution < -0.4 is 212 Å². The molecule has 0 aromatic carbocycles. The number of aliphatic hydroxyl groups is 2. The Bertz CT molecular complexity index is 1130. The molecule has 39 heavy (non-hydrogen) atoms. The van der Waals surface area contributed by atoms with E-state index in [-0.39, 0.29) is 183 Å². The van der Waals surface area contributed by atoms with Crippen molar-refractivity contribution in [2.75, 3.05) is 18.4 Å². The second-order valence-electron chi connectivity index (χ2n) is 7.21. The minimum absolute atomic E-state index is 0. The fourth-order valence-corrected chi connectivity index (χ4v) is 9.69. The van der Waals surface area contributed by atoms with E-state index in [4.69, 9.17) is 4.74 Å². The maximum Gasteiger partial charge on any atom is 1.00 e. The summed E-state index contributed by atoms with van der Waals surface area (Å²) in [6.07, 6.45) is -6.81. The predicted octanol–water partition coefficient (Wildman–Crippen LogP) is -23.1. The summed E-state index contributed by atoms with van der Waals surface area (Å²) >= 11 is 0. The summed E-state index contributed by atoms with van der Waals surface area (Å²) in [5.41, 5.74) is -1.08. The minimum Gasteiger partial charge on any atom is -0.810 e. The fourth-order valence-electron chi connectivity index (χ4n) is 2.96. The van der Waals surface area contributed by atoms with Crippen molar-refractivity contribution in [1.82, 2.24) is 4.57 Å². The molecule has 0 aliphatic carbocycles. The first kappa shape index (κ1) is 53.9. The van der Waals surface area contributed by atoms with Crippen molar-refractivity contribution in [2.45, 2.75) is 30.7 Å². The zero-order valence-corrected chi connectivity index (χ0v) is 37.9. The van der Waals surface area contributed by atoms with Gasteiger partial charge in [-0.25, -0.2) is 0 Å². The Kier molecular flexibility index (Phi) is 30.7. The maximum atomic E-state index is 12.2. The molecule has 0 radical (unpaired) electrons. The molecule has 1 saturated heterocycles. The van der Waals surface area contributed by atoms with Crippen molar-refractivity contribution in [3.8, 4) is 0 Å². The second kappa shape index (κ2) is 22.2. The molecule has 2 rings (SSSR count). The molecular weight excluding hydrogens is 672 g/mol. The number of hydrogen-bond donors (Lipinski definition) is 2. The Morgan fingerprint density at radius 1 is 0.846 bits per heavy atom. The number of rotatable bonds is 10. The van der Waals surface area contributed by atoms with Gasteiger partial charge in [-0.05, 0) is 11.6 Å². The Morgan fingerprint density at radius 3 is 1.79 bits per heavy atom. The third kappa shape index (κ3) is 19.8. The summed E-state index contributed by atoms with van der Waals surface area (Å²) in [4.78, 5) is 78.4. The molecule has 0 bridgehead atoms. The average Bonchev–Trinajstić information content (AvgIpc) is 2.84. The van der Waals surface area contributed by atoms with Gasteiger partial charge in [0, 0.05) is 31.7 Å². The fraction of sp³-hybridized carbons (Fsp3) is 0.615. The quantitative estimate of drug-likeness (QED) is 0.170. The number of hydrogen-bond acceptors (Lipinski definition) is 15. The largest absolute Gasteiger partial charge is 1.00 e. The monoisotopic (exact) mass is 689 g/mol. The van der Waals surface area contributed by atoms with E-state index in [9.17, 15) is 62.6 Å². The van der Waals surface area contributed by atoms with Crippen molar-refractivity contribution in [1.29, 1.82) is 0 Å². The van der Waals surface area contributed by atoms with Gasteiger partial charge < -0.3 is 67.1 Å². The van der Waals surface area contributed by atoms with Gasteiger partial charge in [0.15, 0.2) is 6.23 Å². The van der Waals surface area contributed by atoms with Gasteiger partial charge in [-0.15, -0.1) is 0 Å². The number of ether oxygens (including phenoxy) is 1. The Morgan fingerprint density at radius 2 is 1.36 bits per heavy atom. The number of pyridine rings is 1. The summed E-state index contributed by atoms with van der Waals surface area (Å²) in [5, 5.41) is 20.2. The molecule has 2 N–H and O–H groups in total. The van der Waals surface area contributed by atoms with Crippen molar-refractivity contribution in [3.63, 3.8) is 0 Å². The maximum absolute atomic E-state index is 12.2. The molecule has 16 nitrogen and oxygen atoms in total. The molecule has 0 saturated carbocycles. The topological polar surface area (TPSA) is 288 Å². The molecule has 2 heterocycles. The van der Waals surface area contributed by atoms with Crippen LogP contribution in [0.1, 0.15) is 11.8 Å². The first-order chi connectivity index (χ1) is 14.8. The van der Waals surface area contributed by atoms with Crippen LogP contribution in [-0.4, -0.2) is 51.5 Å². The third-order valence-corrected chi connectivity index (χ3v) is 11.7. The molecular formula is C13H17NNa6O15P4. The molecule has 1 aromatic heterocycles. The van der Waals surface area contributed by atoms with Crippen molar-refractivity contribution in [3.05, 3.63) is 34.2 Å². The number of aliphatic hydroxyl groups excluding tert-OH is 2. The molecule has 1 fully saturated rings.